The highest BCUT2D eigenvalue weighted by molar-refractivity contribution is 5.77. The SMILES string of the molecule is C[N@@+]1(CC(=O)NC2CNCCN2)CCC(O)C1. The average Bonchev–Trinajstić information content (AvgIpc) is 2.59. The topological polar surface area (TPSA) is 73.4 Å². The van der Waals surface area contributed by atoms with Gasteiger partial charge in [-0.05, 0) is 0 Å². The molecule has 0 radical (unpaired) electrons. The standard InChI is InChI=1S/C11H22N4O2/c1-15(5-2-9(16)7-15)8-11(17)14-10-6-12-3-4-13-10/h9-10,12-13,16H,2-8H2,1H3/p+1/t9?,10?,15-/m1/s1. The molecule has 3 atom stereocenters. The van der Waals surface area contributed by atoms with Gasteiger partial charge in [0.1, 0.15) is 12.6 Å². The quantitative estimate of drug-likeness (QED) is 0.426. The second-order valence-corrected chi connectivity index (χ2v) is 5.40. The van der Waals surface area contributed by atoms with Crippen LogP contribution in [0.5, 0.6) is 0 Å². The molecule has 1 amide bonds. The second kappa shape index (κ2) is 5.30. The Hall–Kier alpha value is -0.690. The molecule has 6 nitrogen and oxygen atoms in total. The first-order chi connectivity index (χ1) is 8.07. The van der Waals surface area contributed by atoms with Crippen molar-refractivity contribution in [2.75, 3.05) is 46.3 Å². The van der Waals surface area contributed by atoms with Crippen LogP contribution in [0.15, 0.2) is 0 Å². The molecule has 2 fully saturated rings. The van der Waals surface area contributed by atoms with E-state index in [2.05, 4.69) is 16.0 Å². The zero-order valence-electron chi connectivity index (χ0n) is 10.4. The lowest BCUT2D eigenvalue weighted by atomic mass is 10.3. The Kier molecular flexibility index (Phi) is 3.98. The summed E-state index contributed by atoms with van der Waals surface area (Å²) in [6, 6.07) is 0. The van der Waals surface area contributed by atoms with Crippen LogP contribution in [-0.4, -0.2) is 74.1 Å². The highest BCUT2D eigenvalue weighted by Gasteiger charge is 2.35. The van der Waals surface area contributed by atoms with Gasteiger partial charge in [-0.3, -0.25) is 10.1 Å². The summed E-state index contributed by atoms with van der Waals surface area (Å²) >= 11 is 0. The third-order valence-electron chi connectivity index (χ3n) is 3.56. The van der Waals surface area contributed by atoms with E-state index < -0.39 is 0 Å². The van der Waals surface area contributed by atoms with Crippen LogP contribution in [0.4, 0.5) is 0 Å². The van der Waals surface area contributed by atoms with Crippen molar-refractivity contribution < 1.29 is 14.4 Å². The molecule has 2 rings (SSSR count). The van der Waals surface area contributed by atoms with Gasteiger partial charge in [0.2, 0.25) is 0 Å². The molecule has 4 N–H and O–H groups in total. The minimum Gasteiger partial charge on any atom is -0.387 e. The largest absolute Gasteiger partial charge is 0.387 e. The van der Waals surface area contributed by atoms with Crippen molar-refractivity contribution in [3.63, 3.8) is 0 Å². The van der Waals surface area contributed by atoms with Crippen molar-refractivity contribution >= 4 is 5.91 Å². The zero-order chi connectivity index (χ0) is 12.3. The molecular formula is C11H23N4O2+. The molecule has 0 aromatic heterocycles. The monoisotopic (exact) mass is 243 g/mol. The van der Waals surface area contributed by atoms with Crippen LogP contribution in [0.1, 0.15) is 6.42 Å². The third kappa shape index (κ3) is 3.64. The number of aliphatic hydroxyl groups is 1. The molecule has 0 aliphatic carbocycles. The number of quaternary nitrogens is 1. The molecule has 2 unspecified atom stereocenters. The fraction of sp³-hybridized carbons (Fsp3) is 0.909. The van der Waals surface area contributed by atoms with Crippen LogP contribution >= 0.6 is 0 Å². The van der Waals surface area contributed by atoms with Gasteiger partial charge in [0.25, 0.3) is 5.91 Å². The van der Waals surface area contributed by atoms with Gasteiger partial charge in [0.05, 0.1) is 19.8 Å². The first-order valence-corrected chi connectivity index (χ1v) is 6.32. The Balaban J connectivity index is 1.76. The van der Waals surface area contributed by atoms with E-state index in [4.69, 9.17) is 0 Å². The lowest BCUT2D eigenvalue weighted by Gasteiger charge is -2.30. The molecule has 0 spiro atoms. The lowest BCUT2D eigenvalue weighted by Crippen LogP contribution is -2.59. The van der Waals surface area contributed by atoms with E-state index in [0.29, 0.717) is 17.6 Å². The lowest BCUT2D eigenvalue weighted by molar-refractivity contribution is -0.891. The Bertz CT molecular complexity index is 281. The van der Waals surface area contributed by atoms with Gasteiger partial charge in [0, 0.05) is 26.1 Å². The Morgan fingerprint density at radius 1 is 1.53 bits per heavy atom. The Morgan fingerprint density at radius 3 is 2.94 bits per heavy atom. The molecule has 98 valence electrons. The number of hydrogen-bond donors (Lipinski definition) is 4. The number of likely N-dealkylation sites (tertiary alicyclic amines) is 1. The van der Waals surface area contributed by atoms with E-state index in [0.717, 1.165) is 32.6 Å². The summed E-state index contributed by atoms with van der Waals surface area (Å²) in [7, 11) is 2.03. The molecule has 2 aliphatic rings. The van der Waals surface area contributed by atoms with E-state index in [9.17, 15) is 9.90 Å². The number of nitrogens with zero attached hydrogens (tertiary/aromatic N) is 1. The maximum atomic E-state index is 11.9. The normalized spacial score (nSPS) is 38.0. The highest BCUT2D eigenvalue weighted by Crippen LogP contribution is 2.16. The molecule has 0 bridgehead atoms. The summed E-state index contributed by atoms with van der Waals surface area (Å²) in [5, 5.41) is 19.0. The molecule has 2 aliphatic heterocycles. The fourth-order valence-electron chi connectivity index (χ4n) is 2.64. The maximum Gasteiger partial charge on any atom is 0.276 e. The Morgan fingerprint density at radius 2 is 2.35 bits per heavy atom. The predicted octanol–water partition coefficient (Wildman–Crippen LogP) is -2.17. The molecule has 17 heavy (non-hydrogen) atoms. The zero-order valence-corrected chi connectivity index (χ0v) is 10.4. The summed E-state index contributed by atoms with van der Waals surface area (Å²) in [5.74, 6) is 0.0581. The maximum absolute atomic E-state index is 11.9. The molecular weight excluding hydrogens is 220 g/mol. The molecule has 0 aromatic rings. The minimum absolute atomic E-state index is 0.0374. The number of likely N-dealkylation sites (N-methyl/N-ethyl adjacent to an activating group) is 1. The minimum atomic E-state index is -0.248. The number of carbonyl (C=O) groups is 1. The average molecular weight is 243 g/mol. The van der Waals surface area contributed by atoms with Gasteiger partial charge in [-0.15, -0.1) is 0 Å². The van der Waals surface area contributed by atoms with Gasteiger partial charge in [0.15, 0.2) is 6.54 Å². The van der Waals surface area contributed by atoms with E-state index in [-0.39, 0.29) is 18.2 Å². The summed E-state index contributed by atoms with van der Waals surface area (Å²) in [5.41, 5.74) is 0. The number of piperazine rings is 1. The van der Waals surface area contributed by atoms with Crippen molar-refractivity contribution in [1.29, 1.82) is 0 Å². The van der Waals surface area contributed by atoms with E-state index in [1.165, 1.54) is 0 Å². The van der Waals surface area contributed by atoms with E-state index in [1.807, 2.05) is 7.05 Å². The van der Waals surface area contributed by atoms with Crippen LogP contribution in [0.3, 0.4) is 0 Å². The van der Waals surface area contributed by atoms with Gasteiger partial charge < -0.3 is 20.2 Å². The summed E-state index contributed by atoms with van der Waals surface area (Å²) < 4.78 is 0.646. The van der Waals surface area contributed by atoms with Crippen molar-refractivity contribution in [2.45, 2.75) is 18.7 Å². The molecule has 0 saturated carbocycles. The van der Waals surface area contributed by atoms with Crippen LogP contribution in [0.2, 0.25) is 0 Å². The summed E-state index contributed by atoms with van der Waals surface area (Å²) in [4.78, 5) is 11.9. The number of nitrogens with one attached hydrogen (secondary N) is 3. The first-order valence-electron chi connectivity index (χ1n) is 6.32. The van der Waals surface area contributed by atoms with Crippen LogP contribution in [0.25, 0.3) is 0 Å². The smallest absolute Gasteiger partial charge is 0.276 e. The van der Waals surface area contributed by atoms with E-state index >= 15 is 0 Å². The predicted molar refractivity (Wildman–Crippen MR) is 64.2 cm³/mol. The van der Waals surface area contributed by atoms with Crippen molar-refractivity contribution in [3.8, 4) is 0 Å². The van der Waals surface area contributed by atoms with Gasteiger partial charge in [-0.2, -0.15) is 0 Å². The van der Waals surface area contributed by atoms with Crippen LogP contribution < -0.4 is 16.0 Å². The van der Waals surface area contributed by atoms with Gasteiger partial charge in [-0.1, -0.05) is 0 Å². The fourth-order valence-corrected chi connectivity index (χ4v) is 2.64. The number of carbonyl (C=O) groups excluding carboxylic acids is 1. The van der Waals surface area contributed by atoms with Crippen LogP contribution in [-0.2, 0) is 4.79 Å². The van der Waals surface area contributed by atoms with E-state index in [1.54, 1.807) is 0 Å². The highest BCUT2D eigenvalue weighted by atomic mass is 16.3. The van der Waals surface area contributed by atoms with Crippen LogP contribution in [0, 0.1) is 0 Å². The molecule has 2 saturated heterocycles. The number of hydrogen-bond acceptors (Lipinski definition) is 4. The second-order valence-electron chi connectivity index (χ2n) is 5.40. The van der Waals surface area contributed by atoms with Crippen molar-refractivity contribution in [1.82, 2.24) is 16.0 Å². The summed E-state index contributed by atoms with van der Waals surface area (Å²) in [6.07, 6.45) is 0.588. The Labute approximate surface area is 102 Å². The molecule has 0 aromatic carbocycles. The van der Waals surface area contributed by atoms with Gasteiger partial charge >= 0.3 is 0 Å². The molecule has 2 heterocycles. The number of rotatable bonds is 3. The number of amides is 1. The van der Waals surface area contributed by atoms with Gasteiger partial charge in [-0.25, -0.2) is 0 Å². The number of aliphatic hydroxyl groups excluding tert-OH is 1. The van der Waals surface area contributed by atoms with Crippen molar-refractivity contribution in [2.24, 2.45) is 0 Å². The molecule has 6 heteroatoms. The summed E-state index contributed by atoms with van der Waals surface area (Å²) in [6.45, 7) is 4.63. The van der Waals surface area contributed by atoms with Crippen molar-refractivity contribution in [3.05, 3.63) is 0 Å². The first kappa shape index (κ1) is 12.8. The third-order valence-corrected chi connectivity index (χ3v) is 3.56.